The fraction of sp³-hybridized carbons (Fsp3) is 0.391. The van der Waals surface area contributed by atoms with Gasteiger partial charge in [-0.3, -0.25) is 9.59 Å². The summed E-state index contributed by atoms with van der Waals surface area (Å²) >= 11 is 0. The first-order chi connectivity index (χ1) is 13.4. The molecule has 1 heterocycles. The molecule has 1 atom stereocenters. The second-order valence-electron chi connectivity index (χ2n) is 7.78. The van der Waals surface area contributed by atoms with Gasteiger partial charge in [0.15, 0.2) is 0 Å². The lowest BCUT2D eigenvalue weighted by Crippen LogP contribution is -2.39. The van der Waals surface area contributed by atoms with Gasteiger partial charge < -0.3 is 16.0 Å². The Morgan fingerprint density at radius 1 is 1.21 bits per heavy atom. The normalized spacial score (nSPS) is 16.6. The van der Waals surface area contributed by atoms with Crippen molar-refractivity contribution >= 4 is 23.2 Å². The minimum absolute atomic E-state index is 0.0599. The van der Waals surface area contributed by atoms with E-state index >= 15 is 0 Å². The molecule has 1 saturated heterocycles. The van der Waals surface area contributed by atoms with Crippen LogP contribution in [0.1, 0.15) is 47.7 Å². The molecular formula is C23H29N3O2. The Bertz CT molecular complexity index is 863. The molecule has 28 heavy (non-hydrogen) atoms. The number of nitrogens with one attached hydrogen (secondary N) is 1. The monoisotopic (exact) mass is 379 g/mol. The maximum absolute atomic E-state index is 12.7. The molecule has 0 spiro atoms. The first kappa shape index (κ1) is 19.9. The fourth-order valence-corrected chi connectivity index (χ4v) is 3.72. The smallest absolute Gasteiger partial charge is 0.253 e. The van der Waals surface area contributed by atoms with Gasteiger partial charge in [0.25, 0.3) is 5.91 Å². The van der Waals surface area contributed by atoms with Crippen molar-refractivity contribution in [2.45, 2.75) is 39.5 Å². The minimum Gasteiger partial charge on any atom is -0.399 e. The van der Waals surface area contributed by atoms with E-state index in [1.807, 2.05) is 48.2 Å². The predicted octanol–water partition coefficient (Wildman–Crippen LogP) is 4.02. The molecular weight excluding hydrogens is 350 g/mol. The molecule has 1 fully saturated rings. The van der Waals surface area contributed by atoms with Gasteiger partial charge in [-0.05, 0) is 67.5 Å². The van der Waals surface area contributed by atoms with Crippen molar-refractivity contribution in [3.8, 4) is 0 Å². The van der Waals surface area contributed by atoms with Crippen LogP contribution in [0.4, 0.5) is 11.4 Å². The number of aryl methyl sites for hydroxylation is 2. The molecule has 2 aromatic carbocycles. The van der Waals surface area contributed by atoms with Gasteiger partial charge in [0, 0.05) is 36.4 Å². The highest BCUT2D eigenvalue weighted by molar-refractivity contribution is 5.96. The summed E-state index contributed by atoms with van der Waals surface area (Å²) in [6.07, 6.45) is 3.20. The van der Waals surface area contributed by atoms with Crippen LogP contribution in [0.2, 0.25) is 0 Å². The number of rotatable bonds is 5. The number of benzene rings is 2. The highest BCUT2D eigenvalue weighted by Crippen LogP contribution is 2.22. The van der Waals surface area contributed by atoms with Crippen LogP contribution in [0.3, 0.4) is 0 Å². The summed E-state index contributed by atoms with van der Waals surface area (Å²) in [5.74, 6) is 0.568. The lowest BCUT2D eigenvalue weighted by atomic mass is 9.99. The SMILES string of the molecule is Cc1cc(C(=O)N2CCCC(C)C2)ccc1NC(=O)CCc1ccccc1N. The standard InChI is InChI=1S/C23H29N3O2/c1-16-6-5-13-26(15-16)23(28)19-9-11-21(17(2)14-19)25-22(27)12-10-18-7-3-4-8-20(18)24/h3-4,7-9,11,14,16H,5-6,10,12-13,15,24H2,1-2H3,(H,25,27). The second-order valence-corrected chi connectivity index (χ2v) is 7.78. The van der Waals surface area contributed by atoms with E-state index in [4.69, 9.17) is 5.73 Å². The number of carbonyl (C=O) groups is 2. The molecule has 0 radical (unpaired) electrons. The Kier molecular flexibility index (Phi) is 6.34. The van der Waals surface area contributed by atoms with E-state index in [0.29, 0.717) is 30.0 Å². The summed E-state index contributed by atoms with van der Waals surface area (Å²) in [5, 5.41) is 2.95. The van der Waals surface area contributed by atoms with Crippen molar-refractivity contribution in [2.24, 2.45) is 5.92 Å². The molecule has 148 valence electrons. The van der Waals surface area contributed by atoms with Crippen LogP contribution in [0.15, 0.2) is 42.5 Å². The van der Waals surface area contributed by atoms with Gasteiger partial charge in [-0.1, -0.05) is 25.1 Å². The number of piperidine rings is 1. The number of nitrogens with two attached hydrogens (primary N) is 1. The van der Waals surface area contributed by atoms with Crippen molar-refractivity contribution in [3.05, 3.63) is 59.2 Å². The van der Waals surface area contributed by atoms with Gasteiger partial charge in [-0.25, -0.2) is 0 Å². The zero-order chi connectivity index (χ0) is 20.1. The van der Waals surface area contributed by atoms with Crippen molar-refractivity contribution in [3.63, 3.8) is 0 Å². The summed E-state index contributed by atoms with van der Waals surface area (Å²) < 4.78 is 0. The van der Waals surface area contributed by atoms with Gasteiger partial charge in [0.05, 0.1) is 0 Å². The Morgan fingerprint density at radius 2 is 2.00 bits per heavy atom. The molecule has 0 aliphatic carbocycles. The van der Waals surface area contributed by atoms with Crippen LogP contribution in [-0.2, 0) is 11.2 Å². The highest BCUT2D eigenvalue weighted by Gasteiger charge is 2.22. The van der Waals surface area contributed by atoms with Crippen LogP contribution in [-0.4, -0.2) is 29.8 Å². The van der Waals surface area contributed by atoms with Gasteiger partial charge in [-0.2, -0.15) is 0 Å². The van der Waals surface area contributed by atoms with Crippen LogP contribution in [0, 0.1) is 12.8 Å². The lowest BCUT2D eigenvalue weighted by Gasteiger charge is -2.31. The minimum atomic E-state index is -0.0599. The number of nitrogen functional groups attached to an aromatic ring is 1. The first-order valence-corrected chi connectivity index (χ1v) is 9.97. The number of para-hydroxylation sites is 1. The van der Waals surface area contributed by atoms with Crippen LogP contribution >= 0.6 is 0 Å². The molecule has 2 amide bonds. The van der Waals surface area contributed by atoms with E-state index in [0.717, 1.165) is 36.3 Å². The van der Waals surface area contributed by atoms with Gasteiger partial charge in [-0.15, -0.1) is 0 Å². The van der Waals surface area contributed by atoms with Crippen molar-refractivity contribution in [1.29, 1.82) is 0 Å². The third kappa shape index (κ3) is 4.91. The molecule has 0 bridgehead atoms. The van der Waals surface area contributed by atoms with Gasteiger partial charge in [0.1, 0.15) is 0 Å². The number of nitrogens with zero attached hydrogens (tertiary/aromatic N) is 1. The highest BCUT2D eigenvalue weighted by atomic mass is 16.2. The van der Waals surface area contributed by atoms with Crippen LogP contribution in [0.25, 0.3) is 0 Å². The van der Waals surface area contributed by atoms with Gasteiger partial charge in [0.2, 0.25) is 5.91 Å². The lowest BCUT2D eigenvalue weighted by molar-refractivity contribution is -0.116. The van der Waals surface area contributed by atoms with Crippen molar-refractivity contribution < 1.29 is 9.59 Å². The Hall–Kier alpha value is -2.82. The number of hydrogen-bond acceptors (Lipinski definition) is 3. The molecule has 3 rings (SSSR count). The second kappa shape index (κ2) is 8.91. The molecule has 1 unspecified atom stereocenters. The average Bonchev–Trinajstić information content (AvgIpc) is 2.68. The van der Waals surface area contributed by atoms with E-state index in [1.54, 1.807) is 6.07 Å². The molecule has 5 heteroatoms. The first-order valence-electron chi connectivity index (χ1n) is 9.97. The topological polar surface area (TPSA) is 75.4 Å². The van der Waals surface area contributed by atoms with Gasteiger partial charge >= 0.3 is 0 Å². The number of likely N-dealkylation sites (tertiary alicyclic amines) is 1. The summed E-state index contributed by atoms with van der Waals surface area (Å²) in [5.41, 5.74) is 9.94. The molecule has 0 aromatic heterocycles. The maximum Gasteiger partial charge on any atom is 0.253 e. The van der Waals surface area contributed by atoms with Crippen LogP contribution < -0.4 is 11.1 Å². The number of hydrogen-bond donors (Lipinski definition) is 2. The largest absolute Gasteiger partial charge is 0.399 e. The third-order valence-electron chi connectivity index (χ3n) is 5.37. The Morgan fingerprint density at radius 3 is 2.71 bits per heavy atom. The quantitative estimate of drug-likeness (QED) is 0.771. The molecule has 3 N–H and O–H groups in total. The number of amides is 2. The van der Waals surface area contributed by atoms with E-state index in [-0.39, 0.29) is 11.8 Å². The number of carbonyl (C=O) groups excluding carboxylic acids is 2. The molecule has 1 aliphatic heterocycles. The van der Waals surface area contributed by atoms with Crippen molar-refractivity contribution in [1.82, 2.24) is 4.90 Å². The Balaban J connectivity index is 1.60. The van der Waals surface area contributed by atoms with E-state index < -0.39 is 0 Å². The molecule has 5 nitrogen and oxygen atoms in total. The molecule has 0 saturated carbocycles. The predicted molar refractivity (Wildman–Crippen MR) is 113 cm³/mol. The van der Waals surface area contributed by atoms with E-state index in [2.05, 4.69) is 12.2 Å². The maximum atomic E-state index is 12.7. The van der Waals surface area contributed by atoms with E-state index in [9.17, 15) is 9.59 Å². The fourth-order valence-electron chi connectivity index (χ4n) is 3.72. The summed E-state index contributed by atoms with van der Waals surface area (Å²) in [6.45, 7) is 5.75. The summed E-state index contributed by atoms with van der Waals surface area (Å²) in [6, 6.07) is 13.1. The molecule has 1 aliphatic rings. The summed E-state index contributed by atoms with van der Waals surface area (Å²) in [4.78, 5) is 27.0. The van der Waals surface area contributed by atoms with Crippen LogP contribution in [0.5, 0.6) is 0 Å². The van der Waals surface area contributed by atoms with Crippen molar-refractivity contribution in [2.75, 3.05) is 24.1 Å². The zero-order valence-electron chi connectivity index (χ0n) is 16.7. The molecule has 2 aromatic rings. The number of anilines is 2. The van der Waals surface area contributed by atoms with E-state index in [1.165, 1.54) is 6.42 Å². The zero-order valence-corrected chi connectivity index (χ0v) is 16.7. The third-order valence-corrected chi connectivity index (χ3v) is 5.37. The Labute approximate surface area is 166 Å². The summed E-state index contributed by atoms with van der Waals surface area (Å²) in [7, 11) is 0. The average molecular weight is 380 g/mol.